The van der Waals surface area contributed by atoms with Gasteiger partial charge in [0.1, 0.15) is 5.75 Å². The summed E-state index contributed by atoms with van der Waals surface area (Å²) in [5, 5.41) is 10.2. The molecule has 1 aliphatic heterocycles. The van der Waals surface area contributed by atoms with E-state index in [-0.39, 0.29) is 29.8 Å². The molecule has 4 nitrogen and oxygen atoms in total. The number of anilines is 1. The lowest BCUT2D eigenvalue weighted by Gasteiger charge is -2.39. The van der Waals surface area contributed by atoms with Crippen molar-refractivity contribution < 1.29 is 14.7 Å². The molecule has 0 fully saturated rings. The molecule has 5 heteroatoms. The second-order valence-electron chi connectivity index (χ2n) is 7.10. The van der Waals surface area contributed by atoms with Crippen molar-refractivity contribution in [2.75, 3.05) is 4.90 Å². The highest BCUT2D eigenvalue weighted by Crippen LogP contribution is 2.44. The molecule has 1 atom stereocenters. The number of carbonyl (C=O) groups is 2. The largest absolute Gasteiger partial charge is 0.508 e. The Morgan fingerprint density at radius 3 is 2.56 bits per heavy atom. The van der Waals surface area contributed by atoms with Gasteiger partial charge in [-0.05, 0) is 55.2 Å². The number of allylic oxidation sites excluding steroid dienone is 2. The van der Waals surface area contributed by atoms with Gasteiger partial charge in [-0.3, -0.25) is 14.5 Å². The Morgan fingerprint density at radius 2 is 1.81 bits per heavy atom. The maximum Gasteiger partial charge on any atom is 0.232 e. The predicted molar refractivity (Wildman–Crippen MR) is 105 cm³/mol. The van der Waals surface area contributed by atoms with E-state index in [0.29, 0.717) is 17.9 Å². The molecule has 0 saturated carbocycles. The van der Waals surface area contributed by atoms with Crippen molar-refractivity contribution >= 4 is 29.0 Å². The maximum atomic E-state index is 13.2. The molecule has 2 aromatic rings. The lowest BCUT2D eigenvalue weighted by molar-refractivity contribution is -0.119. The van der Waals surface area contributed by atoms with Crippen LogP contribution in [-0.4, -0.2) is 16.8 Å². The number of benzene rings is 2. The molecule has 0 radical (unpaired) electrons. The number of rotatable bonds is 2. The molecular formula is C22H20ClNO3. The van der Waals surface area contributed by atoms with E-state index in [1.54, 1.807) is 35.2 Å². The van der Waals surface area contributed by atoms with Crippen LogP contribution in [-0.2, 0) is 9.59 Å². The fraction of sp³-hybridized carbons (Fsp3) is 0.273. The van der Waals surface area contributed by atoms with E-state index in [1.165, 1.54) is 0 Å². The predicted octanol–water partition coefficient (Wildman–Crippen LogP) is 4.88. The van der Waals surface area contributed by atoms with Crippen LogP contribution in [0.5, 0.6) is 5.75 Å². The summed E-state index contributed by atoms with van der Waals surface area (Å²) in [6, 6.07) is 12.3. The van der Waals surface area contributed by atoms with Crippen molar-refractivity contribution in [3.8, 4) is 5.75 Å². The topological polar surface area (TPSA) is 57.6 Å². The molecule has 2 aliphatic rings. The number of hydrogen-bond acceptors (Lipinski definition) is 3. The standard InChI is InChI=1S/C22H20ClNO3/c1-13-17(23)4-2-5-18(13)24-19-6-3-7-20(26)22(19)16(12-21(24)27)14-8-10-15(25)11-9-14/h2,4-5,8-11,16,25H,3,6-7,12H2,1H3. The number of amides is 1. The van der Waals surface area contributed by atoms with E-state index in [1.807, 2.05) is 19.1 Å². The SMILES string of the molecule is Cc1c(Cl)cccc1N1C(=O)CC(c2ccc(O)cc2)C2=C1CCCC2=O. The van der Waals surface area contributed by atoms with Crippen LogP contribution in [0.2, 0.25) is 5.02 Å². The number of aromatic hydroxyl groups is 1. The minimum absolute atomic E-state index is 0.0353. The van der Waals surface area contributed by atoms with Crippen LogP contribution in [0.4, 0.5) is 5.69 Å². The highest BCUT2D eigenvalue weighted by atomic mass is 35.5. The zero-order valence-electron chi connectivity index (χ0n) is 15.0. The first-order valence-corrected chi connectivity index (χ1v) is 9.48. The minimum Gasteiger partial charge on any atom is -0.508 e. The van der Waals surface area contributed by atoms with Gasteiger partial charge in [0.2, 0.25) is 5.91 Å². The lowest BCUT2D eigenvalue weighted by Crippen LogP contribution is -2.40. The smallest absolute Gasteiger partial charge is 0.232 e. The van der Waals surface area contributed by atoms with Gasteiger partial charge in [0.15, 0.2) is 5.78 Å². The summed E-state index contributed by atoms with van der Waals surface area (Å²) in [6.45, 7) is 1.89. The number of Topliss-reactive ketones (excluding diaryl/α,β-unsaturated/α-hetero) is 1. The van der Waals surface area contributed by atoms with Crippen LogP contribution in [0.15, 0.2) is 53.7 Å². The molecule has 1 N–H and O–H groups in total. The molecule has 1 amide bonds. The molecule has 0 bridgehead atoms. The first-order valence-electron chi connectivity index (χ1n) is 9.10. The molecule has 1 aliphatic carbocycles. The number of phenolic OH excluding ortho intramolecular Hbond substituents is 1. The summed E-state index contributed by atoms with van der Waals surface area (Å²) in [5.74, 6) is -0.0312. The van der Waals surface area contributed by atoms with Gasteiger partial charge >= 0.3 is 0 Å². The Labute approximate surface area is 163 Å². The van der Waals surface area contributed by atoms with Crippen molar-refractivity contribution in [2.45, 2.75) is 38.5 Å². The van der Waals surface area contributed by atoms with E-state index in [9.17, 15) is 14.7 Å². The molecular weight excluding hydrogens is 362 g/mol. The summed E-state index contributed by atoms with van der Waals surface area (Å²) in [7, 11) is 0. The molecule has 1 heterocycles. The molecule has 0 spiro atoms. The molecule has 0 saturated heterocycles. The number of halogens is 1. The van der Waals surface area contributed by atoms with Crippen LogP contribution in [0.3, 0.4) is 0 Å². The van der Waals surface area contributed by atoms with Gasteiger partial charge in [-0.2, -0.15) is 0 Å². The Hall–Kier alpha value is -2.59. The van der Waals surface area contributed by atoms with Crippen LogP contribution in [0, 0.1) is 6.92 Å². The Bertz CT molecular complexity index is 962. The molecule has 2 aromatic carbocycles. The van der Waals surface area contributed by atoms with Crippen LogP contribution >= 0.6 is 11.6 Å². The fourth-order valence-electron chi connectivity index (χ4n) is 4.10. The van der Waals surface area contributed by atoms with Crippen molar-refractivity contribution in [1.82, 2.24) is 0 Å². The average molecular weight is 382 g/mol. The number of ketones is 1. The molecule has 0 aromatic heterocycles. The molecule has 138 valence electrons. The number of hydrogen-bond donors (Lipinski definition) is 1. The van der Waals surface area contributed by atoms with Gasteiger partial charge in [0.25, 0.3) is 0 Å². The summed E-state index contributed by atoms with van der Waals surface area (Å²) < 4.78 is 0. The maximum absolute atomic E-state index is 13.2. The molecule has 1 unspecified atom stereocenters. The van der Waals surface area contributed by atoms with Gasteiger partial charge < -0.3 is 5.11 Å². The summed E-state index contributed by atoms with van der Waals surface area (Å²) in [6.07, 6.45) is 2.15. The third-order valence-corrected chi connectivity index (χ3v) is 5.86. The number of nitrogens with zero attached hydrogens (tertiary/aromatic N) is 1. The number of phenols is 1. The third-order valence-electron chi connectivity index (χ3n) is 5.45. The van der Waals surface area contributed by atoms with Crippen molar-refractivity contribution in [3.63, 3.8) is 0 Å². The van der Waals surface area contributed by atoms with Gasteiger partial charge in [0, 0.05) is 35.1 Å². The highest BCUT2D eigenvalue weighted by Gasteiger charge is 2.40. The Balaban J connectivity index is 1.88. The number of carbonyl (C=O) groups excluding carboxylic acids is 2. The first kappa shape index (κ1) is 17.8. The fourth-order valence-corrected chi connectivity index (χ4v) is 4.27. The Morgan fingerprint density at radius 1 is 1.07 bits per heavy atom. The van der Waals surface area contributed by atoms with Gasteiger partial charge in [-0.25, -0.2) is 0 Å². The van der Waals surface area contributed by atoms with Gasteiger partial charge in [-0.15, -0.1) is 0 Å². The summed E-state index contributed by atoms with van der Waals surface area (Å²) in [5.41, 5.74) is 3.99. The van der Waals surface area contributed by atoms with Crippen LogP contribution in [0.25, 0.3) is 0 Å². The zero-order chi connectivity index (χ0) is 19.1. The van der Waals surface area contributed by atoms with E-state index in [2.05, 4.69) is 0 Å². The summed E-state index contributed by atoms with van der Waals surface area (Å²) >= 11 is 6.28. The third kappa shape index (κ3) is 3.04. The van der Waals surface area contributed by atoms with E-state index >= 15 is 0 Å². The van der Waals surface area contributed by atoms with Crippen molar-refractivity contribution in [1.29, 1.82) is 0 Å². The highest BCUT2D eigenvalue weighted by molar-refractivity contribution is 6.31. The quantitative estimate of drug-likeness (QED) is 0.806. The van der Waals surface area contributed by atoms with Crippen molar-refractivity contribution in [2.24, 2.45) is 0 Å². The van der Waals surface area contributed by atoms with Crippen molar-refractivity contribution in [3.05, 3.63) is 69.9 Å². The average Bonchev–Trinajstić information content (AvgIpc) is 2.65. The second kappa shape index (κ2) is 6.86. The zero-order valence-corrected chi connectivity index (χ0v) is 15.8. The van der Waals surface area contributed by atoms with E-state index in [4.69, 9.17) is 11.6 Å². The normalized spacial score (nSPS) is 20.1. The summed E-state index contributed by atoms with van der Waals surface area (Å²) in [4.78, 5) is 27.7. The van der Waals surface area contributed by atoms with Crippen LogP contribution in [0.1, 0.15) is 42.7 Å². The van der Waals surface area contributed by atoms with Crippen LogP contribution < -0.4 is 4.90 Å². The van der Waals surface area contributed by atoms with Gasteiger partial charge in [-0.1, -0.05) is 29.8 Å². The lowest BCUT2D eigenvalue weighted by atomic mass is 9.77. The Kier molecular flexibility index (Phi) is 4.52. The monoisotopic (exact) mass is 381 g/mol. The minimum atomic E-state index is -0.267. The van der Waals surface area contributed by atoms with E-state index < -0.39 is 0 Å². The first-order chi connectivity index (χ1) is 13.0. The second-order valence-corrected chi connectivity index (χ2v) is 7.51. The molecule has 4 rings (SSSR count). The van der Waals surface area contributed by atoms with E-state index in [0.717, 1.165) is 34.5 Å². The van der Waals surface area contributed by atoms with Gasteiger partial charge in [0.05, 0.1) is 5.69 Å². The molecule has 27 heavy (non-hydrogen) atoms.